The molecule has 0 rings (SSSR count). The van der Waals surface area contributed by atoms with E-state index in [-0.39, 0.29) is 178 Å². The van der Waals surface area contributed by atoms with E-state index in [4.69, 9.17) is 15.0 Å². The van der Waals surface area contributed by atoms with Gasteiger partial charge in [0.05, 0.1) is 0 Å². The smallest absolute Gasteiger partial charge is 0.854 e. The Bertz CT molecular complexity index is 68.5. The van der Waals surface area contributed by atoms with E-state index in [0.717, 1.165) is 12.8 Å². The zero-order chi connectivity index (χ0) is 7.70. The number of rotatable bonds is 2. The van der Waals surface area contributed by atoms with Crippen LogP contribution in [-0.4, -0.2) is 12.8 Å². The molecule has 4 nitrogen and oxygen atoms in total. The quantitative estimate of drug-likeness (QED) is 0.466. The minimum atomic E-state index is -2.33. The van der Waals surface area contributed by atoms with Gasteiger partial charge in [-0.15, -0.1) is 6.61 Å². The van der Waals surface area contributed by atoms with Gasteiger partial charge in [-0.25, -0.2) is 0 Å². The van der Waals surface area contributed by atoms with Crippen LogP contribution in [0.5, 0.6) is 0 Å². The molecule has 0 aromatic carbocycles. The van der Waals surface area contributed by atoms with Crippen LogP contribution < -0.4 is 187 Å². The molecule has 0 unspecified atom stereocenters. The van der Waals surface area contributed by atoms with Gasteiger partial charge in [0.1, 0.15) is 0 Å². The zero-order valence-electron chi connectivity index (χ0n) is 8.25. The van der Waals surface area contributed by atoms with Crippen molar-refractivity contribution in [1.29, 1.82) is 0 Å². The van der Waals surface area contributed by atoms with Gasteiger partial charge in [-0.05, 0) is 6.16 Å². The fourth-order valence-electron chi connectivity index (χ4n) is 0.144. The Hall–Kier alpha value is 4.55. The summed E-state index contributed by atoms with van der Waals surface area (Å²) in [5.41, 5.74) is 0. The third kappa shape index (κ3) is 62.2. The first-order valence-electron chi connectivity index (χ1n) is 2.61. The average Bonchev–Trinajstić information content (AvgIpc) is 1.66. The maximum absolute atomic E-state index is 9.53. The Morgan fingerprint density at radius 1 is 1.25 bits per heavy atom. The van der Waals surface area contributed by atoms with Gasteiger partial charge in [0.25, 0.3) is 0 Å². The summed E-state index contributed by atoms with van der Waals surface area (Å²) in [5, 5.41) is 26.2. The van der Waals surface area contributed by atoms with E-state index in [2.05, 4.69) is 0 Å². The van der Waals surface area contributed by atoms with Crippen molar-refractivity contribution in [3.63, 3.8) is 0 Å². The van der Waals surface area contributed by atoms with Gasteiger partial charge in [0.15, 0.2) is 0 Å². The molecule has 0 bridgehead atoms. The molecule has 0 aliphatic rings. The van der Waals surface area contributed by atoms with Gasteiger partial charge < -0.3 is 20.1 Å². The van der Waals surface area contributed by atoms with Crippen LogP contribution in [0.4, 0.5) is 4.79 Å². The summed E-state index contributed by atoms with van der Waals surface area (Å²) in [4.78, 5) is 8.33. The van der Waals surface area contributed by atoms with Crippen molar-refractivity contribution in [2.45, 2.75) is 19.8 Å². The molecule has 0 spiro atoms. The van der Waals surface area contributed by atoms with Crippen molar-refractivity contribution in [3.05, 3.63) is 0 Å². The van der Waals surface area contributed by atoms with E-state index in [0.29, 0.717) is 0 Å². The number of hydrogen-bond acceptors (Lipinski definition) is 4. The van der Waals surface area contributed by atoms with Gasteiger partial charge in [0, 0.05) is 0 Å². The minimum absolute atomic E-state index is 0. The van der Waals surface area contributed by atoms with Crippen LogP contribution in [0.25, 0.3) is 0 Å². The third-order valence-corrected chi connectivity index (χ3v) is 0.498. The summed E-state index contributed by atoms with van der Waals surface area (Å²) in [7, 11) is 0. The number of carboxylic acid groups (broad SMARTS) is 2. The van der Waals surface area contributed by atoms with Crippen LogP contribution in [0.3, 0.4) is 0 Å². The predicted molar refractivity (Wildman–Crippen MR) is 25.2 cm³/mol. The maximum atomic E-state index is 9.53. The first-order valence-corrected chi connectivity index (χ1v) is 2.61. The SMILES string of the molecule is CCCC[O-].O=C([O-])[O-].[Cs+].[K+].[K+]. The van der Waals surface area contributed by atoms with Gasteiger partial charge in [-0.2, -0.15) is 0 Å². The van der Waals surface area contributed by atoms with Crippen LogP contribution >= 0.6 is 0 Å². The normalized spacial score (nSPS) is 5.50. The molecule has 56 valence electrons. The summed E-state index contributed by atoms with van der Waals surface area (Å²) in [6, 6.07) is 0. The first-order chi connectivity index (χ1) is 4.15. The summed E-state index contributed by atoms with van der Waals surface area (Å²) in [5.74, 6) is 0. The molecule has 0 aliphatic carbocycles. The number of carbonyl (C=O) groups excluding carboxylic acids is 1. The molecule has 0 atom stereocenters. The number of carbonyl (C=O) groups is 1. The van der Waals surface area contributed by atoms with Crippen molar-refractivity contribution in [2.75, 3.05) is 6.61 Å². The Morgan fingerprint density at radius 3 is 1.50 bits per heavy atom. The van der Waals surface area contributed by atoms with Crippen LogP contribution in [0.2, 0.25) is 0 Å². The fourth-order valence-corrected chi connectivity index (χ4v) is 0.144. The summed E-state index contributed by atoms with van der Waals surface area (Å²) >= 11 is 0. The van der Waals surface area contributed by atoms with E-state index < -0.39 is 6.16 Å². The maximum Gasteiger partial charge on any atom is 1.00 e. The number of unbranched alkanes of at least 4 members (excludes halogenated alkanes) is 1. The molecule has 0 heterocycles. The molecule has 12 heavy (non-hydrogen) atoms. The molecule has 0 aliphatic heterocycles. The van der Waals surface area contributed by atoms with E-state index in [1.165, 1.54) is 0 Å². The molecule has 0 saturated carbocycles. The second-order valence-electron chi connectivity index (χ2n) is 1.31. The van der Waals surface area contributed by atoms with Gasteiger partial charge >= 0.3 is 172 Å². The van der Waals surface area contributed by atoms with E-state index in [1.807, 2.05) is 6.92 Å². The van der Waals surface area contributed by atoms with E-state index in [1.54, 1.807) is 0 Å². The second kappa shape index (κ2) is 29.6. The molecule has 0 radical (unpaired) electrons. The first kappa shape index (κ1) is 30.0. The third-order valence-electron chi connectivity index (χ3n) is 0.498. The van der Waals surface area contributed by atoms with Crippen LogP contribution in [-0.2, 0) is 0 Å². The summed E-state index contributed by atoms with van der Waals surface area (Å²) in [6.45, 7) is 2.11. The molecule has 0 amide bonds. The standard InChI is InChI=1S/C4H9O.CH2O3.Cs.2K/c1-2-3-4-5;2-1(3)4;;;/h2-4H2,1H3;(H2,2,3,4);;;/q-1;;3*+1/p-2. The van der Waals surface area contributed by atoms with Gasteiger partial charge in [-0.3, -0.25) is 0 Å². The monoisotopic (exact) mass is 344 g/mol. The zero-order valence-corrected chi connectivity index (χ0v) is 20.8. The molecule has 0 saturated heterocycles. The molecule has 0 N–H and O–H groups in total. The molecular weight excluding hydrogens is 335 g/mol. The van der Waals surface area contributed by atoms with E-state index >= 15 is 0 Å². The predicted octanol–water partition coefficient (Wildman–Crippen LogP) is -11.3. The van der Waals surface area contributed by atoms with Crippen LogP contribution in [0.15, 0.2) is 0 Å². The van der Waals surface area contributed by atoms with Crippen molar-refractivity contribution in [3.8, 4) is 0 Å². The van der Waals surface area contributed by atoms with E-state index in [9.17, 15) is 5.11 Å². The summed E-state index contributed by atoms with van der Waals surface area (Å²) < 4.78 is 0. The van der Waals surface area contributed by atoms with Crippen molar-refractivity contribution in [1.82, 2.24) is 0 Å². The molecule has 0 aromatic rings. The average molecular weight is 344 g/mol. The Labute approximate surface area is 217 Å². The molecular formula is C5H9CsK2O4. The molecule has 7 heteroatoms. The second-order valence-corrected chi connectivity index (χ2v) is 1.31. The Balaban J connectivity index is -0.0000000221. The van der Waals surface area contributed by atoms with Crippen molar-refractivity contribution >= 4 is 6.16 Å². The summed E-state index contributed by atoms with van der Waals surface area (Å²) in [6.07, 6.45) is -0.469. The van der Waals surface area contributed by atoms with Crippen LogP contribution in [0, 0.1) is 0 Å². The largest absolute Gasteiger partial charge is 1.00 e. The van der Waals surface area contributed by atoms with Gasteiger partial charge in [-0.1, -0.05) is 19.8 Å². The number of hydrogen-bond donors (Lipinski definition) is 0. The van der Waals surface area contributed by atoms with Gasteiger partial charge in [0.2, 0.25) is 0 Å². The minimum Gasteiger partial charge on any atom is -0.854 e. The van der Waals surface area contributed by atoms with Crippen LogP contribution in [0.1, 0.15) is 19.8 Å². The fraction of sp³-hybridized carbons (Fsp3) is 0.800. The topological polar surface area (TPSA) is 86.2 Å². The molecule has 0 fully saturated rings. The van der Waals surface area contributed by atoms with Crippen molar-refractivity contribution < 1.29 is 192 Å². The Kier molecular flexibility index (Phi) is 73.9. The van der Waals surface area contributed by atoms with Crippen molar-refractivity contribution in [2.24, 2.45) is 0 Å². The molecule has 0 aromatic heterocycles. The Morgan fingerprint density at radius 2 is 1.50 bits per heavy atom.